The molecule has 70 valence electrons. The van der Waals surface area contributed by atoms with Gasteiger partial charge in [0.25, 0.3) is 0 Å². The number of hydrogen-bond acceptors (Lipinski definition) is 0. The minimum atomic E-state index is 0.935. The van der Waals surface area contributed by atoms with E-state index in [-0.39, 0.29) is 0 Å². The van der Waals surface area contributed by atoms with Crippen molar-refractivity contribution in [1.29, 1.82) is 0 Å². The lowest BCUT2D eigenvalue weighted by Crippen LogP contribution is -2.07. The van der Waals surface area contributed by atoms with Crippen molar-refractivity contribution in [2.24, 2.45) is 5.92 Å². The molecule has 0 heteroatoms. The van der Waals surface area contributed by atoms with Gasteiger partial charge < -0.3 is 0 Å². The third-order valence-electron chi connectivity index (χ3n) is 3.00. The van der Waals surface area contributed by atoms with Crippen LogP contribution in [0.25, 0.3) is 0 Å². The van der Waals surface area contributed by atoms with Crippen LogP contribution >= 0.6 is 0 Å². The summed E-state index contributed by atoms with van der Waals surface area (Å²) in [7, 11) is 0. The van der Waals surface area contributed by atoms with Gasteiger partial charge in [0.1, 0.15) is 0 Å². The van der Waals surface area contributed by atoms with Crippen molar-refractivity contribution in [3.05, 3.63) is 11.6 Å². The molecule has 0 aliphatic heterocycles. The van der Waals surface area contributed by atoms with Crippen LogP contribution in [-0.4, -0.2) is 0 Å². The fraction of sp³-hybridized carbons (Fsp3) is 0.833. The fourth-order valence-electron chi connectivity index (χ4n) is 2.16. The molecule has 0 saturated heterocycles. The number of unbranched alkanes of at least 4 members (excludes halogenated alkanes) is 1. The first-order valence-electron chi connectivity index (χ1n) is 5.57. The lowest BCUT2D eigenvalue weighted by molar-refractivity contribution is 0.475. The molecule has 0 aromatic heterocycles. The van der Waals surface area contributed by atoms with Gasteiger partial charge in [0.05, 0.1) is 0 Å². The van der Waals surface area contributed by atoms with Crippen molar-refractivity contribution >= 4 is 0 Å². The van der Waals surface area contributed by atoms with Crippen LogP contribution in [0, 0.1) is 5.92 Å². The van der Waals surface area contributed by atoms with Gasteiger partial charge >= 0.3 is 0 Å². The average Bonchev–Trinajstić information content (AvgIpc) is 2.15. The van der Waals surface area contributed by atoms with E-state index in [1.54, 1.807) is 5.57 Å². The molecule has 0 radical (unpaired) electrons. The van der Waals surface area contributed by atoms with Gasteiger partial charge in [-0.2, -0.15) is 0 Å². The Morgan fingerprint density at radius 2 is 2.25 bits per heavy atom. The number of hydrogen-bond donors (Lipinski definition) is 0. The van der Waals surface area contributed by atoms with E-state index in [0.717, 1.165) is 5.92 Å². The number of allylic oxidation sites excluding steroid dienone is 2. The second kappa shape index (κ2) is 5.40. The zero-order valence-corrected chi connectivity index (χ0v) is 8.60. The van der Waals surface area contributed by atoms with Crippen LogP contribution in [0.15, 0.2) is 11.6 Å². The fourth-order valence-corrected chi connectivity index (χ4v) is 2.16. The van der Waals surface area contributed by atoms with Crippen molar-refractivity contribution in [2.75, 3.05) is 0 Å². The van der Waals surface area contributed by atoms with Crippen LogP contribution < -0.4 is 0 Å². The summed E-state index contributed by atoms with van der Waals surface area (Å²) in [5, 5.41) is 0. The molecule has 0 fully saturated rings. The van der Waals surface area contributed by atoms with E-state index in [9.17, 15) is 0 Å². The Morgan fingerprint density at radius 1 is 1.42 bits per heavy atom. The maximum absolute atomic E-state index is 2.51. The van der Waals surface area contributed by atoms with Crippen LogP contribution in [0.3, 0.4) is 0 Å². The van der Waals surface area contributed by atoms with E-state index in [2.05, 4.69) is 19.9 Å². The summed E-state index contributed by atoms with van der Waals surface area (Å²) in [6.07, 6.45) is 12.2. The Hall–Kier alpha value is -0.260. The highest BCUT2D eigenvalue weighted by Gasteiger charge is 2.14. The minimum Gasteiger partial charge on any atom is -0.0851 e. The van der Waals surface area contributed by atoms with Crippen LogP contribution in [0.2, 0.25) is 0 Å². The summed E-state index contributed by atoms with van der Waals surface area (Å²) in [5.41, 5.74) is 1.77. The van der Waals surface area contributed by atoms with E-state index in [1.807, 2.05) is 0 Å². The zero-order chi connectivity index (χ0) is 8.81. The van der Waals surface area contributed by atoms with Gasteiger partial charge in [-0.1, -0.05) is 31.9 Å². The van der Waals surface area contributed by atoms with Crippen molar-refractivity contribution < 1.29 is 0 Å². The van der Waals surface area contributed by atoms with Crippen LogP contribution in [0.5, 0.6) is 0 Å². The van der Waals surface area contributed by atoms with Crippen LogP contribution in [0.1, 0.15) is 58.8 Å². The summed E-state index contributed by atoms with van der Waals surface area (Å²) in [5.74, 6) is 0.935. The molecule has 1 aliphatic rings. The van der Waals surface area contributed by atoms with Gasteiger partial charge in [-0.25, -0.2) is 0 Å². The van der Waals surface area contributed by atoms with Gasteiger partial charge in [0.2, 0.25) is 0 Å². The molecule has 0 bridgehead atoms. The summed E-state index contributed by atoms with van der Waals surface area (Å²) < 4.78 is 0. The molecule has 0 N–H and O–H groups in total. The predicted octanol–water partition coefficient (Wildman–Crippen LogP) is 4.31. The summed E-state index contributed by atoms with van der Waals surface area (Å²) in [6, 6.07) is 0. The Bertz CT molecular complexity index is 144. The maximum atomic E-state index is 2.51. The van der Waals surface area contributed by atoms with E-state index >= 15 is 0 Å². The Labute approximate surface area is 77.1 Å². The van der Waals surface area contributed by atoms with Crippen molar-refractivity contribution in [3.63, 3.8) is 0 Å². The smallest absolute Gasteiger partial charge is 0.0206 e. The Morgan fingerprint density at radius 3 is 2.92 bits per heavy atom. The molecule has 0 aromatic rings. The molecule has 1 unspecified atom stereocenters. The van der Waals surface area contributed by atoms with Crippen molar-refractivity contribution in [3.8, 4) is 0 Å². The van der Waals surface area contributed by atoms with Gasteiger partial charge in [0.15, 0.2) is 0 Å². The third kappa shape index (κ3) is 2.66. The minimum absolute atomic E-state index is 0.935. The largest absolute Gasteiger partial charge is 0.0851 e. The maximum Gasteiger partial charge on any atom is -0.0206 e. The highest BCUT2D eigenvalue weighted by Crippen LogP contribution is 2.30. The SMILES string of the molecule is CCCCC1=CCCCC1CC. The topological polar surface area (TPSA) is 0 Å². The van der Waals surface area contributed by atoms with Crippen LogP contribution in [0.4, 0.5) is 0 Å². The van der Waals surface area contributed by atoms with Gasteiger partial charge in [-0.05, 0) is 44.4 Å². The lowest BCUT2D eigenvalue weighted by atomic mass is 9.83. The van der Waals surface area contributed by atoms with Gasteiger partial charge in [-0.15, -0.1) is 0 Å². The van der Waals surface area contributed by atoms with Crippen LogP contribution in [-0.2, 0) is 0 Å². The van der Waals surface area contributed by atoms with Crippen molar-refractivity contribution in [2.45, 2.75) is 58.8 Å². The van der Waals surface area contributed by atoms with E-state index in [0.29, 0.717) is 0 Å². The molecule has 0 amide bonds. The van der Waals surface area contributed by atoms with Gasteiger partial charge in [0, 0.05) is 0 Å². The van der Waals surface area contributed by atoms with E-state index < -0.39 is 0 Å². The first kappa shape index (κ1) is 9.83. The first-order valence-corrected chi connectivity index (χ1v) is 5.57. The summed E-state index contributed by atoms with van der Waals surface area (Å²) >= 11 is 0. The molecule has 0 saturated carbocycles. The Kier molecular flexibility index (Phi) is 4.42. The molecule has 1 atom stereocenters. The normalized spacial score (nSPS) is 23.8. The molecular formula is C12H22. The molecule has 0 aromatic carbocycles. The molecule has 0 spiro atoms. The molecule has 0 heterocycles. The third-order valence-corrected chi connectivity index (χ3v) is 3.00. The second-order valence-corrected chi connectivity index (χ2v) is 3.92. The predicted molar refractivity (Wildman–Crippen MR) is 55.2 cm³/mol. The zero-order valence-electron chi connectivity index (χ0n) is 8.60. The monoisotopic (exact) mass is 166 g/mol. The summed E-state index contributed by atoms with van der Waals surface area (Å²) in [6.45, 7) is 4.61. The molecule has 1 aliphatic carbocycles. The highest BCUT2D eigenvalue weighted by molar-refractivity contribution is 5.09. The Balaban J connectivity index is 2.40. The lowest BCUT2D eigenvalue weighted by Gasteiger charge is -2.22. The van der Waals surface area contributed by atoms with Crippen molar-refractivity contribution in [1.82, 2.24) is 0 Å². The second-order valence-electron chi connectivity index (χ2n) is 3.92. The highest BCUT2D eigenvalue weighted by atomic mass is 14.2. The standard InChI is InChI=1S/C12H22/c1-3-5-8-12-10-7-6-9-11(12)4-2/h10-11H,3-9H2,1-2H3. The first-order chi connectivity index (χ1) is 5.88. The van der Waals surface area contributed by atoms with E-state index in [4.69, 9.17) is 0 Å². The molecule has 12 heavy (non-hydrogen) atoms. The molecule has 0 nitrogen and oxygen atoms in total. The quantitative estimate of drug-likeness (QED) is 0.546. The van der Waals surface area contributed by atoms with E-state index in [1.165, 1.54) is 44.9 Å². The summed E-state index contributed by atoms with van der Waals surface area (Å²) in [4.78, 5) is 0. The molecular weight excluding hydrogens is 144 g/mol. The van der Waals surface area contributed by atoms with Gasteiger partial charge in [-0.3, -0.25) is 0 Å². The average molecular weight is 166 g/mol. The number of rotatable bonds is 4. The molecule has 1 rings (SSSR count).